The first-order chi connectivity index (χ1) is 14.5. The third-order valence-corrected chi connectivity index (χ3v) is 6.65. The molecule has 0 radical (unpaired) electrons. The molecular formula is C20H30IN5O4S. The van der Waals surface area contributed by atoms with E-state index in [1.165, 1.54) is 10.6 Å². The zero-order valence-corrected chi connectivity index (χ0v) is 21.0. The molecule has 1 aliphatic heterocycles. The lowest BCUT2D eigenvalue weighted by Crippen LogP contribution is -2.53. The van der Waals surface area contributed by atoms with Gasteiger partial charge in [0.2, 0.25) is 10.0 Å². The first kappa shape index (κ1) is 25.6. The average molecular weight is 563 g/mol. The summed E-state index contributed by atoms with van der Waals surface area (Å²) in [6.07, 6.45) is 1.38. The highest BCUT2D eigenvalue weighted by Gasteiger charge is 2.28. The minimum Gasteiger partial charge on any atom is -0.380 e. The van der Waals surface area contributed by atoms with E-state index in [9.17, 15) is 8.42 Å². The molecule has 0 aliphatic carbocycles. The predicted octanol–water partition coefficient (Wildman–Crippen LogP) is 2.05. The number of hydrogen-bond acceptors (Lipinski definition) is 6. The lowest BCUT2D eigenvalue weighted by atomic mass is 10.1. The van der Waals surface area contributed by atoms with Crippen LogP contribution in [0, 0.1) is 0 Å². The standard InChI is InChI=1S/C20H29N5O4S.HI/c1-3-21-20(22-14-17-4-6-18(7-5-17)15-28-2)24-9-11-25(12-10-24)30(26,27)16-19-8-13-29-23-19;/h4-8,13H,3,9-12,14-16H2,1-2H3,(H,21,22);1H. The minimum atomic E-state index is -3.42. The average Bonchev–Trinajstić information content (AvgIpc) is 3.25. The molecule has 1 saturated heterocycles. The maximum absolute atomic E-state index is 12.6. The van der Waals surface area contributed by atoms with Crippen LogP contribution in [-0.2, 0) is 33.7 Å². The number of halogens is 1. The van der Waals surface area contributed by atoms with Crippen molar-refractivity contribution in [3.05, 3.63) is 53.4 Å². The number of benzene rings is 1. The topological polar surface area (TPSA) is 100 Å². The van der Waals surface area contributed by atoms with Crippen LogP contribution in [0.5, 0.6) is 0 Å². The predicted molar refractivity (Wildman–Crippen MR) is 130 cm³/mol. The quantitative estimate of drug-likeness (QED) is 0.298. The minimum absolute atomic E-state index is 0. The molecule has 2 aromatic rings. The van der Waals surface area contributed by atoms with Gasteiger partial charge in [-0.15, -0.1) is 24.0 Å². The number of nitrogens with zero attached hydrogens (tertiary/aromatic N) is 4. The van der Waals surface area contributed by atoms with Crippen molar-refractivity contribution in [3.8, 4) is 0 Å². The van der Waals surface area contributed by atoms with Crippen molar-refractivity contribution in [1.29, 1.82) is 0 Å². The van der Waals surface area contributed by atoms with Crippen LogP contribution < -0.4 is 5.32 Å². The number of nitrogens with one attached hydrogen (secondary N) is 1. The Kier molecular flexibility index (Phi) is 10.2. The van der Waals surface area contributed by atoms with Gasteiger partial charge in [-0.25, -0.2) is 13.4 Å². The molecule has 0 atom stereocenters. The molecule has 1 N–H and O–H groups in total. The number of methoxy groups -OCH3 is 1. The Balaban J connectivity index is 0.00000341. The van der Waals surface area contributed by atoms with Crippen LogP contribution in [-0.4, -0.2) is 68.6 Å². The number of aromatic nitrogens is 1. The maximum atomic E-state index is 12.6. The van der Waals surface area contributed by atoms with Gasteiger partial charge in [0.05, 0.1) is 18.8 Å². The number of aliphatic imine (C=N–C) groups is 1. The zero-order chi connectivity index (χ0) is 21.4. The van der Waals surface area contributed by atoms with Crippen LogP contribution in [0.3, 0.4) is 0 Å². The van der Waals surface area contributed by atoms with Crippen molar-refractivity contribution < 1.29 is 17.7 Å². The van der Waals surface area contributed by atoms with Gasteiger partial charge in [-0.1, -0.05) is 29.4 Å². The van der Waals surface area contributed by atoms with Gasteiger partial charge in [0.25, 0.3) is 0 Å². The number of guanidine groups is 1. The molecule has 172 valence electrons. The smallest absolute Gasteiger partial charge is 0.220 e. The molecule has 11 heteroatoms. The summed E-state index contributed by atoms with van der Waals surface area (Å²) in [6, 6.07) is 9.76. The molecule has 1 fully saturated rings. The monoisotopic (exact) mass is 563 g/mol. The Hall–Kier alpha value is -1.70. The van der Waals surface area contributed by atoms with Crippen LogP contribution in [0.25, 0.3) is 0 Å². The van der Waals surface area contributed by atoms with Crippen molar-refractivity contribution in [2.24, 2.45) is 4.99 Å². The van der Waals surface area contributed by atoms with Crippen molar-refractivity contribution in [1.82, 2.24) is 19.7 Å². The highest BCUT2D eigenvalue weighted by molar-refractivity contribution is 14.0. The van der Waals surface area contributed by atoms with Gasteiger partial charge in [-0.05, 0) is 18.1 Å². The number of rotatable bonds is 8. The van der Waals surface area contributed by atoms with E-state index in [2.05, 4.69) is 27.5 Å². The summed E-state index contributed by atoms with van der Waals surface area (Å²) < 4.78 is 36.6. The third-order valence-electron chi connectivity index (χ3n) is 4.83. The Labute approximate surface area is 200 Å². The maximum Gasteiger partial charge on any atom is 0.220 e. The van der Waals surface area contributed by atoms with E-state index in [-0.39, 0.29) is 29.7 Å². The summed E-state index contributed by atoms with van der Waals surface area (Å²) in [7, 11) is -1.74. The van der Waals surface area contributed by atoms with E-state index < -0.39 is 10.0 Å². The third kappa shape index (κ3) is 7.44. The Morgan fingerprint density at radius 2 is 1.84 bits per heavy atom. The van der Waals surface area contributed by atoms with Gasteiger partial charge < -0.3 is 19.5 Å². The van der Waals surface area contributed by atoms with Crippen molar-refractivity contribution >= 4 is 40.0 Å². The second-order valence-corrected chi connectivity index (χ2v) is 9.02. The Morgan fingerprint density at radius 1 is 1.16 bits per heavy atom. The summed E-state index contributed by atoms with van der Waals surface area (Å²) in [5.41, 5.74) is 2.66. The fourth-order valence-electron chi connectivity index (χ4n) is 3.27. The summed E-state index contributed by atoms with van der Waals surface area (Å²) in [5, 5.41) is 7.02. The summed E-state index contributed by atoms with van der Waals surface area (Å²) >= 11 is 0. The van der Waals surface area contributed by atoms with Gasteiger partial charge in [-0.2, -0.15) is 4.31 Å². The van der Waals surface area contributed by atoms with Gasteiger partial charge in [0.1, 0.15) is 12.0 Å². The van der Waals surface area contributed by atoms with E-state index >= 15 is 0 Å². The van der Waals surface area contributed by atoms with Gasteiger partial charge >= 0.3 is 0 Å². The van der Waals surface area contributed by atoms with Crippen LogP contribution in [0.1, 0.15) is 23.7 Å². The summed E-state index contributed by atoms with van der Waals surface area (Å²) in [6.45, 7) is 5.90. The van der Waals surface area contributed by atoms with Gasteiger partial charge in [0.15, 0.2) is 5.96 Å². The molecule has 0 amide bonds. The number of ether oxygens (including phenoxy) is 1. The Morgan fingerprint density at radius 3 is 2.42 bits per heavy atom. The first-order valence-electron chi connectivity index (χ1n) is 9.99. The molecule has 0 spiro atoms. The second-order valence-electron chi connectivity index (χ2n) is 7.05. The zero-order valence-electron chi connectivity index (χ0n) is 17.9. The molecule has 0 unspecified atom stereocenters. The Bertz CT molecular complexity index is 912. The molecule has 3 rings (SSSR count). The van der Waals surface area contributed by atoms with E-state index in [4.69, 9.17) is 14.3 Å². The second kappa shape index (κ2) is 12.4. The molecule has 1 aromatic heterocycles. The van der Waals surface area contributed by atoms with Gasteiger partial charge in [0, 0.05) is 45.9 Å². The number of hydrogen-bond donors (Lipinski definition) is 1. The SMILES string of the molecule is CCNC(=NCc1ccc(COC)cc1)N1CCN(S(=O)(=O)Cc2ccon2)CC1.I. The van der Waals surface area contributed by atoms with Crippen LogP contribution in [0.15, 0.2) is 46.1 Å². The molecule has 0 bridgehead atoms. The molecule has 31 heavy (non-hydrogen) atoms. The normalized spacial score (nSPS) is 15.5. The highest BCUT2D eigenvalue weighted by atomic mass is 127. The van der Waals surface area contributed by atoms with E-state index in [0.29, 0.717) is 45.0 Å². The van der Waals surface area contributed by atoms with Crippen LogP contribution in [0.2, 0.25) is 0 Å². The fraction of sp³-hybridized carbons (Fsp3) is 0.500. The molecule has 0 saturated carbocycles. The van der Waals surface area contributed by atoms with Crippen molar-refractivity contribution in [2.75, 3.05) is 39.8 Å². The fourth-order valence-corrected chi connectivity index (χ4v) is 4.69. The summed E-state index contributed by atoms with van der Waals surface area (Å²) in [5.74, 6) is 0.656. The summed E-state index contributed by atoms with van der Waals surface area (Å²) in [4.78, 5) is 6.84. The van der Waals surface area contributed by atoms with Crippen LogP contribution in [0.4, 0.5) is 0 Å². The molecular weight excluding hydrogens is 533 g/mol. The van der Waals surface area contributed by atoms with E-state index in [1.807, 2.05) is 19.1 Å². The van der Waals surface area contributed by atoms with Crippen molar-refractivity contribution in [2.45, 2.75) is 25.8 Å². The number of sulfonamides is 1. The lowest BCUT2D eigenvalue weighted by Gasteiger charge is -2.35. The van der Waals surface area contributed by atoms with Crippen molar-refractivity contribution in [3.63, 3.8) is 0 Å². The highest BCUT2D eigenvalue weighted by Crippen LogP contribution is 2.13. The lowest BCUT2D eigenvalue weighted by molar-refractivity contribution is 0.185. The van der Waals surface area contributed by atoms with E-state index in [0.717, 1.165) is 23.6 Å². The molecule has 2 heterocycles. The molecule has 1 aromatic carbocycles. The molecule has 9 nitrogen and oxygen atoms in total. The number of piperazine rings is 1. The largest absolute Gasteiger partial charge is 0.380 e. The van der Waals surface area contributed by atoms with E-state index in [1.54, 1.807) is 13.2 Å². The molecule has 1 aliphatic rings. The first-order valence-corrected chi connectivity index (χ1v) is 11.6. The van der Waals surface area contributed by atoms with Gasteiger partial charge in [-0.3, -0.25) is 0 Å². The van der Waals surface area contributed by atoms with Crippen LogP contribution >= 0.6 is 24.0 Å².